The topological polar surface area (TPSA) is 50.6 Å². The van der Waals surface area contributed by atoms with Crippen molar-refractivity contribution in [1.29, 1.82) is 0 Å². The van der Waals surface area contributed by atoms with E-state index in [1.165, 1.54) is 25.9 Å². The zero-order valence-corrected chi connectivity index (χ0v) is 16.2. The van der Waals surface area contributed by atoms with E-state index < -0.39 is 0 Å². The quantitative estimate of drug-likeness (QED) is 0.827. The second kappa shape index (κ2) is 7.31. The highest BCUT2D eigenvalue weighted by molar-refractivity contribution is 5.92. The third-order valence-corrected chi connectivity index (χ3v) is 6.25. The summed E-state index contributed by atoms with van der Waals surface area (Å²) in [5, 5.41) is 4.44. The van der Waals surface area contributed by atoms with E-state index in [4.69, 9.17) is 4.74 Å². The molecule has 3 aliphatic heterocycles. The van der Waals surface area contributed by atoms with Crippen molar-refractivity contribution >= 4 is 5.91 Å². The van der Waals surface area contributed by atoms with Gasteiger partial charge in [-0.05, 0) is 71.0 Å². The van der Waals surface area contributed by atoms with Gasteiger partial charge in [-0.2, -0.15) is 5.10 Å². The summed E-state index contributed by atoms with van der Waals surface area (Å²) in [6.07, 6.45) is 5.89. The number of amides is 1. The van der Waals surface area contributed by atoms with E-state index in [0.29, 0.717) is 11.6 Å². The number of hydrogen-bond acceptors (Lipinski definition) is 4. The zero-order chi connectivity index (χ0) is 18.1. The Morgan fingerprint density at radius 2 is 2.12 bits per heavy atom. The van der Waals surface area contributed by atoms with Gasteiger partial charge in [-0.1, -0.05) is 0 Å². The largest absolute Gasteiger partial charge is 0.373 e. The molecule has 4 rings (SSSR count). The molecule has 3 saturated heterocycles. The Morgan fingerprint density at radius 1 is 1.31 bits per heavy atom. The van der Waals surface area contributed by atoms with E-state index in [0.717, 1.165) is 57.7 Å². The Morgan fingerprint density at radius 3 is 2.88 bits per heavy atom. The van der Waals surface area contributed by atoms with Crippen molar-refractivity contribution in [3.05, 3.63) is 17.5 Å². The van der Waals surface area contributed by atoms with E-state index in [2.05, 4.69) is 10.00 Å². The predicted molar refractivity (Wildman–Crippen MR) is 100 cm³/mol. The molecule has 3 aliphatic rings. The minimum absolute atomic E-state index is 0.109. The minimum atomic E-state index is -0.121. The number of hydrogen-bond donors (Lipinski definition) is 0. The minimum Gasteiger partial charge on any atom is -0.373 e. The van der Waals surface area contributed by atoms with E-state index in [-0.39, 0.29) is 11.5 Å². The van der Waals surface area contributed by atoms with Gasteiger partial charge in [0.25, 0.3) is 5.91 Å². The number of ether oxygens (including phenoxy) is 1. The van der Waals surface area contributed by atoms with Gasteiger partial charge in [0, 0.05) is 19.6 Å². The van der Waals surface area contributed by atoms with E-state index >= 15 is 0 Å². The molecule has 144 valence electrons. The fourth-order valence-electron chi connectivity index (χ4n) is 5.06. The summed E-state index contributed by atoms with van der Waals surface area (Å²) >= 11 is 0. The number of piperidine rings is 1. The number of carbonyl (C=O) groups excluding carboxylic acids is 1. The van der Waals surface area contributed by atoms with Crippen LogP contribution in [0.25, 0.3) is 0 Å². The molecule has 0 radical (unpaired) electrons. The van der Waals surface area contributed by atoms with Gasteiger partial charge in [-0.15, -0.1) is 0 Å². The van der Waals surface area contributed by atoms with Crippen molar-refractivity contribution in [2.75, 3.05) is 39.3 Å². The highest BCUT2D eigenvalue weighted by atomic mass is 16.5. The number of carbonyl (C=O) groups is 1. The molecule has 1 aromatic rings. The van der Waals surface area contributed by atoms with Crippen LogP contribution in [0.2, 0.25) is 0 Å². The molecule has 6 nitrogen and oxygen atoms in total. The highest BCUT2D eigenvalue weighted by Crippen LogP contribution is 2.38. The molecule has 26 heavy (non-hydrogen) atoms. The number of aromatic nitrogens is 2. The first-order chi connectivity index (χ1) is 12.6. The predicted octanol–water partition coefficient (Wildman–Crippen LogP) is 2.32. The number of nitrogens with zero attached hydrogens (tertiary/aromatic N) is 4. The average Bonchev–Trinajstić information content (AvgIpc) is 3.36. The maximum absolute atomic E-state index is 13.1. The standard InChI is InChI=1S/C20H32N4O2/c1-3-24-18(11-16(2)21-24)19(25)23-10-6-7-20(15-23)12-17(14-26-20)13-22-8-4-5-9-22/h11,17H,3-10,12-15H2,1-2H3/t17-,20+/m1/s1. The van der Waals surface area contributed by atoms with Crippen LogP contribution in [-0.4, -0.2) is 70.4 Å². The molecule has 0 aliphatic carbocycles. The molecule has 6 heteroatoms. The molecule has 0 unspecified atom stereocenters. The maximum atomic E-state index is 13.1. The molecule has 0 N–H and O–H groups in total. The summed E-state index contributed by atoms with van der Waals surface area (Å²) in [6.45, 7) is 10.8. The van der Waals surface area contributed by atoms with Crippen LogP contribution in [0.1, 0.15) is 55.2 Å². The Hall–Kier alpha value is -1.40. The lowest BCUT2D eigenvalue weighted by atomic mass is 9.86. The molecule has 1 spiro atoms. The Bertz CT molecular complexity index is 652. The van der Waals surface area contributed by atoms with Crippen LogP contribution in [0.3, 0.4) is 0 Å². The van der Waals surface area contributed by atoms with E-state index in [1.807, 2.05) is 29.5 Å². The molecule has 4 heterocycles. The second-order valence-electron chi connectivity index (χ2n) is 8.39. The fraction of sp³-hybridized carbons (Fsp3) is 0.800. The van der Waals surface area contributed by atoms with Crippen LogP contribution in [0.15, 0.2) is 6.07 Å². The summed E-state index contributed by atoms with van der Waals surface area (Å²) in [6, 6.07) is 1.92. The molecule has 0 bridgehead atoms. The Balaban J connectivity index is 1.41. The molecular weight excluding hydrogens is 328 g/mol. The van der Waals surface area contributed by atoms with Gasteiger partial charge in [-0.3, -0.25) is 9.48 Å². The van der Waals surface area contributed by atoms with Gasteiger partial charge in [-0.25, -0.2) is 0 Å². The first-order valence-electron chi connectivity index (χ1n) is 10.3. The van der Waals surface area contributed by atoms with Crippen LogP contribution in [-0.2, 0) is 11.3 Å². The van der Waals surface area contributed by atoms with Crippen molar-refractivity contribution in [3.63, 3.8) is 0 Å². The first-order valence-corrected chi connectivity index (χ1v) is 10.3. The van der Waals surface area contributed by atoms with E-state index in [9.17, 15) is 4.79 Å². The second-order valence-corrected chi connectivity index (χ2v) is 8.39. The van der Waals surface area contributed by atoms with Gasteiger partial charge < -0.3 is 14.5 Å². The number of aryl methyl sites for hydroxylation is 2. The van der Waals surface area contributed by atoms with Crippen LogP contribution in [0, 0.1) is 12.8 Å². The number of likely N-dealkylation sites (tertiary alicyclic amines) is 2. The summed E-state index contributed by atoms with van der Waals surface area (Å²) < 4.78 is 8.16. The molecule has 2 atom stereocenters. The van der Waals surface area contributed by atoms with Crippen LogP contribution in [0.5, 0.6) is 0 Å². The molecule has 0 saturated carbocycles. The average molecular weight is 361 g/mol. The molecule has 1 amide bonds. The van der Waals surface area contributed by atoms with E-state index in [1.54, 1.807) is 0 Å². The van der Waals surface area contributed by atoms with Gasteiger partial charge in [0.1, 0.15) is 5.69 Å². The maximum Gasteiger partial charge on any atom is 0.272 e. The third kappa shape index (κ3) is 3.54. The highest BCUT2D eigenvalue weighted by Gasteiger charge is 2.45. The molecule has 1 aromatic heterocycles. The first kappa shape index (κ1) is 18.0. The van der Waals surface area contributed by atoms with Crippen molar-refractivity contribution < 1.29 is 9.53 Å². The van der Waals surface area contributed by atoms with Crippen molar-refractivity contribution in [3.8, 4) is 0 Å². The van der Waals surface area contributed by atoms with Gasteiger partial charge >= 0.3 is 0 Å². The lowest BCUT2D eigenvalue weighted by Gasteiger charge is -2.39. The van der Waals surface area contributed by atoms with Crippen molar-refractivity contribution in [2.24, 2.45) is 5.92 Å². The van der Waals surface area contributed by atoms with Crippen LogP contribution < -0.4 is 0 Å². The van der Waals surface area contributed by atoms with Crippen molar-refractivity contribution in [2.45, 2.75) is 58.1 Å². The summed E-state index contributed by atoms with van der Waals surface area (Å²) in [5.41, 5.74) is 1.50. The van der Waals surface area contributed by atoms with Gasteiger partial charge in [0.05, 0.1) is 24.4 Å². The van der Waals surface area contributed by atoms with Crippen molar-refractivity contribution in [1.82, 2.24) is 19.6 Å². The number of rotatable bonds is 4. The molecular formula is C20H32N4O2. The SMILES string of the molecule is CCn1nc(C)cc1C(=O)N1CCC[C@]2(C[C@H](CN3CCCC3)CO2)C1. The fourth-order valence-corrected chi connectivity index (χ4v) is 5.06. The summed E-state index contributed by atoms with van der Waals surface area (Å²) in [5.74, 6) is 0.727. The monoisotopic (exact) mass is 360 g/mol. The normalized spacial score (nSPS) is 29.8. The summed E-state index contributed by atoms with van der Waals surface area (Å²) in [4.78, 5) is 17.7. The third-order valence-electron chi connectivity index (χ3n) is 6.25. The zero-order valence-electron chi connectivity index (χ0n) is 16.2. The Kier molecular flexibility index (Phi) is 5.06. The van der Waals surface area contributed by atoms with Crippen LogP contribution in [0.4, 0.5) is 0 Å². The Labute approximate surface area is 156 Å². The van der Waals surface area contributed by atoms with Gasteiger partial charge in [0.2, 0.25) is 0 Å². The lowest BCUT2D eigenvalue weighted by Crippen LogP contribution is -2.50. The molecule has 3 fully saturated rings. The lowest BCUT2D eigenvalue weighted by molar-refractivity contribution is -0.0452. The smallest absolute Gasteiger partial charge is 0.272 e. The molecule has 0 aromatic carbocycles. The summed E-state index contributed by atoms with van der Waals surface area (Å²) in [7, 11) is 0. The van der Waals surface area contributed by atoms with Crippen LogP contribution >= 0.6 is 0 Å². The van der Waals surface area contributed by atoms with Gasteiger partial charge in [0.15, 0.2) is 0 Å².